The lowest BCUT2D eigenvalue weighted by Gasteiger charge is -2.27. The number of hydrogen-bond donors (Lipinski definition) is 1. The third-order valence-corrected chi connectivity index (χ3v) is 4.92. The van der Waals surface area contributed by atoms with Gasteiger partial charge in [0, 0.05) is 0 Å². The summed E-state index contributed by atoms with van der Waals surface area (Å²) in [6.07, 6.45) is 1.38. The minimum atomic E-state index is -0.802. The SMILES string of the molecule is COC(=O)COc1ccc(/C=C2\C(=O)NC(=O)N(c3ccccc3C)C2=O)cc1Br. The number of benzene rings is 2. The zero-order chi connectivity index (χ0) is 21.8. The number of esters is 1. The summed E-state index contributed by atoms with van der Waals surface area (Å²) in [4.78, 5) is 49.7. The molecule has 2 aromatic carbocycles. The second-order valence-corrected chi connectivity index (χ2v) is 7.15. The van der Waals surface area contributed by atoms with Crippen molar-refractivity contribution < 1.29 is 28.7 Å². The van der Waals surface area contributed by atoms with Crippen molar-refractivity contribution in [2.75, 3.05) is 18.6 Å². The number of rotatable bonds is 5. The highest BCUT2D eigenvalue weighted by molar-refractivity contribution is 9.10. The lowest BCUT2D eigenvalue weighted by Crippen LogP contribution is -2.54. The van der Waals surface area contributed by atoms with Crippen molar-refractivity contribution in [3.8, 4) is 5.75 Å². The number of carbonyl (C=O) groups is 4. The summed E-state index contributed by atoms with van der Waals surface area (Å²) < 4.78 is 10.4. The van der Waals surface area contributed by atoms with E-state index in [2.05, 4.69) is 26.0 Å². The van der Waals surface area contributed by atoms with Crippen molar-refractivity contribution in [2.45, 2.75) is 6.92 Å². The van der Waals surface area contributed by atoms with Gasteiger partial charge in [0.2, 0.25) is 0 Å². The van der Waals surface area contributed by atoms with E-state index in [0.29, 0.717) is 27.0 Å². The predicted octanol–water partition coefficient (Wildman–Crippen LogP) is 2.98. The van der Waals surface area contributed by atoms with Gasteiger partial charge in [0.15, 0.2) is 6.61 Å². The maximum Gasteiger partial charge on any atom is 0.343 e. The van der Waals surface area contributed by atoms with Gasteiger partial charge in [0.05, 0.1) is 17.3 Å². The summed E-state index contributed by atoms with van der Waals surface area (Å²) >= 11 is 3.33. The van der Waals surface area contributed by atoms with E-state index in [-0.39, 0.29) is 12.2 Å². The van der Waals surface area contributed by atoms with Gasteiger partial charge in [0.1, 0.15) is 11.3 Å². The van der Waals surface area contributed by atoms with Crippen molar-refractivity contribution in [2.24, 2.45) is 0 Å². The summed E-state index contributed by atoms with van der Waals surface area (Å²) in [7, 11) is 1.26. The summed E-state index contributed by atoms with van der Waals surface area (Å²) in [5.74, 6) is -1.64. The van der Waals surface area contributed by atoms with Crippen LogP contribution < -0.4 is 15.0 Å². The first-order chi connectivity index (χ1) is 14.3. The van der Waals surface area contributed by atoms with Gasteiger partial charge < -0.3 is 9.47 Å². The lowest BCUT2D eigenvalue weighted by molar-refractivity contribution is -0.143. The quantitative estimate of drug-likeness (QED) is 0.407. The summed E-state index contributed by atoms with van der Waals surface area (Å²) in [6.45, 7) is 1.50. The van der Waals surface area contributed by atoms with Crippen LogP contribution in [0.25, 0.3) is 6.08 Å². The fraction of sp³-hybridized carbons (Fsp3) is 0.143. The van der Waals surface area contributed by atoms with Gasteiger partial charge in [0.25, 0.3) is 11.8 Å². The molecule has 0 unspecified atom stereocenters. The van der Waals surface area contributed by atoms with Crippen LogP contribution in [0.1, 0.15) is 11.1 Å². The molecule has 1 aliphatic rings. The maximum atomic E-state index is 13.0. The van der Waals surface area contributed by atoms with Gasteiger partial charge in [-0.15, -0.1) is 0 Å². The molecule has 3 rings (SSSR count). The third-order valence-electron chi connectivity index (χ3n) is 4.30. The first kappa shape index (κ1) is 21.3. The van der Waals surface area contributed by atoms with Crippen LogP contribution in [0, 0.1) is 6.92 Å². The number of urea groups is 1. The average molecular weight is 473 g/mol. The number of barbiturate groups is 1. The molecule has 0 atom stereocenters. The normalized spacial score (nSPS) is 15.2. The third kappa shape index (κ3) is 4.41. The van der Waals surface area contributed by atoms with E-state index in [1.165, 1.54) is 13.2 Å². The number of halogens is 1. The predicted molar refractivity (Wildman–Crippen MR) is 112 cm³/mol. The molecule has 1 aliphatic heterocycles. The molecule has 154 valence electrons. The second kappa shape index (κ2) is 8.91. The highest BCUT2D eigenvalue weighted by Crippen LogP contribution is 2.29. The van der Waals surface area contributed by atoms with Gasteiger partial charge in [-0.05, 0) is 58.3 Å². The number of ether oxygens (including phenoxy) is 2. The van der Waals surface area contributed by atoms with Crippen LogP contribution in [0.5, 0.6) is 5.75 Å². The molecule has 1 saturated heterocycles. The second-order valence-electron chi connectivity index (χ2n) is 6.30. The fourth-order valence-electron chi connectivity index (χ4n) is 2.78. The van der Waals surface area contributed by atoms with Crippen molar-refractivity contribution in [1.82, 2.24) is 5.32 Å². The molecule has 1 fully saturated rings. The number of carbonyl (C=O) groups excluding carboxylic acids is 4. The molecular weight excluding hydrogens is 456 g/mol. The molecule has 30 heavy (non-hydrogen) atoms. The summed E-state index contributed by atoms with van der Waals surface area (Å²) in [5, 5.41) is 2.19. The van der Waals surface area contributed by atoms with E-state index in [1.54, 1.807) is 49.4 Å². The molecule has 0 radical (unpaired) electrons. The van der Waals surface area contributed by atoms with Gasteiger partial charge in [-0.1, -0.05) is 24.3 Å². The van der Waals surface area contributed by atoms with Gasteiger partial charge in [-0.2, -0.15) is 0 Å². The Kier molecular flexibility index (Phi) is 6.31. The zero-order valence-corrected chi connectivity index (χ0v) is 17.7. The zero-order valence-electron chi connectivity index (χ0n) is 16.1. The number of aryl methyl sites for hydroxylation is 1. The molecule has 1 N–H and O–H groups in total. The Hall–Kier alpha value is -3.46. The van der Waals surface area contributed by atoms with Crippen LogP contribution in [0.2, 0.25) is 0 Å². The summed E-state index contributed by atoms with van der Waals surface area (Å²) in [6, 6.07) is 10.9. The summed E-state index contributed by atoms with van der Waals surface area (Å²) in [5.41, 5.74) is 1.44. The molecule has 0 spiro atoms. The van der Waals surface area contributed by atoms with Crippen LogP contribution in [0.4, 0.5) is 10.5 Å². The number of hydrogen-bond acceptors (Lipinski definition) is 6. The van der Waals surface area contributed by atoms with Gasteiger partial charge >= 0.3 is 12.0 Å². The van der Waals surface area contributed by atoms with Crippen molar-refractivity contribution in [3.05, 3.63) is 63.6 Å². The number of methoxy groups -OCH3 is 1. The maximum absolute atomic E-state index is 13.0. The Morgan fingerprint density at radius 2 is 1.90 bits per heavy atom. The molecule has 9 heteroatoms. The van der Waals surface area contributed by atoms with Gasteiger partial charge in [-0.3, -0.25) is 14.9 Å². The molecule has 0 aromatic heterocycles. The Morgan fingerprint density at radius 1 is 1.17 bits per heavy atom. The van der Waals surface area contributed by atoms with Crippen molar-refractivity contribution >= 4 is 51.5 Å². The van der Waals surface area contributed by atoms with Crippen molar-refractivity contribution in [1.29, 1.82) is 0 Å². The number of amides is 4. The molecule has 0 aliphatic carbocycles. The number of para-hydroxylation sites is 1. The highest BCUT2D eigenvalue weighted by atomic mass is 79.9. The fourth-order valence-corrected chi connectivity index (χ4v) is 3.29. The minimum absolute atomic E-state index is 0.187. The van der Waals surface area contributed by atoms with E-state index in [4.69, 9.17) is 4.74 Å². The monoisotopic (exact) mass is 472 g/mol. The van der Waals surface area contributed by atoms with Crippen LogP contribution in [0.15, 0.2) is 52.5 Å². The molecule has 2 aromatic rings. The van der Waals surface area contributed by atoms with E-state index < -0.39 is 23.8 Å². The van der Waals surface area contributed by atoms with E-state index in [9.17, 15) is 19.2 Å². The van der Waals surface area contributed by atoms with E-state index in [1.807, 2.05) is 0 Å². The highest BCUT2D eigenvalue weighted by Gasteiger charge is 2.37. The Balaban J connectivity index is 1.90. The Morgan fingerprint density at radius 3 is 2.57 bits per heavy atom. The molecule has 1 heterocycles. The van der Waals surface area contributed by atoms with Gasteiger partial charge in [-0.25, -0.2) is 14.5 Å². The lowest BCUT2D eigenvalue weighted by atomic mass is 10.1. The molecule has 8 nitrogen and oxygen atoms in total. The van der Waals surface area contributed by atoms with Crippen LogP contribution in [-0.2, 0) is 19.1 Å². The van der Waals surface area contributed by atoms with E-state index >= 15 is 0 Å². The minimum Gasteiger partial charge on any atom is -0.481 e. The Bertz CT molecular complexity index is 1080. The number of imide groups is 2. The number of nitrogens with zero attached hydrogens (tertiary/aromatic N) is 1. The first-order valence-electron chi connectivity index (χ1n) is 8.78. The topological polar surface area (TPSA) is 102 Å². The van der Waals surface area contributed by atoms with Crippen LogP contribution in [-0.4, -0.2) is 37.5 Å². The number of nitrogens with one attached hydrogen (secondary N) is 1. The average Bonchev–Trinajstić information content (AvgIpc) is 2.71. The Labute approximate surface area is 180 Å². The molecule has 0 bridgehead atoms. The smallest absolute Gasteiger partial charge is 0.343 e. The largest absolute Gasteiger partial charge is 0.481 e. The first-order valence-corrected chi connectivity index (χ1v) is 9.57. The number of anilines is 1. The van der Waals surface area contributed by atoms with Crippen LogP contribution >= 0.6 is 15.9 Å². The molecule has 0 saturated carbocycles. The molecule has 4 amide bonds. The van der Waals surface area contributed by atoms with Crippen LogP contribution in [0.3, 0.4) is 0 Å². The molecular formula is C21H17BrN2O6. The van der Waals surface area contributed by atoms with E-state index in [0.717, 1.165) is 4.90 Å². The standard InChI is InChI=1S/C21H17BrN2O6/c1-12-5-3-4-6-16(12)24-20(27)14(19(26)23-21(24)28)9-13-7-8-17(15(22)10-13)30-11-18(25)29-2/h3-10H,11H2,1-2H3,(H,23,26,28)/b14-9+. The van der Waals surface area contributed by atoms with Crippen molar-refractivity contribution in [3.63, 3.8) is 0 Å².